The Morgan fingerprint density at radius 1 is 1.53 bits per heavy atom. The number of hydrogen-bond acceptors (Lipinski definition) is 3. The van der Waals surface area contributed by atoms with Gasteiger partial charge in [-0.05, 0) is 59.9 Å². The lowest BCUT2D eigenvalue weighted by atomic mass is 10.00. The molecule has 0 aromatic carbocycles. The largest absolute Gasteiger partial charge is 0.370 e. The Balaban J connectivity index is 1.81. The molecule has 15 heavy (non-hydrogen) atoms. The Bertz CT molecular complexity index is 310. The van der Waals surface area contributed by atoms with Gasteiger partial charge in [0.1, 0.15) is 10.4 Å². The topological polar surface area (TPSA) is 37.0 Å². The van der Waals surface area contributed by atoms with Crippen molar-refractivity contribution < 1.29 is 0 Å². The molecule has 4 heteroatoms. The maximum absolute atomic E-state index is 4.34. The Kier molecular flexibility index (Phi) is 3.97. The van der Waals surface area contributed by atoms with Gasteiger partial charge in [-0.2, -0.15) is 0 Å². The Morgan fingerprint density at radius 3 is 3.20 bits per heavy atom. The molecule has 2 rings (SSSR count). The van der Waals surface area contributed by atoms with Crippen LogP contribution in [0.1, 0.15) is 12.8 Å². The summed E-state index contributed by atoms with van der Waals surface area (Å²) < 4.78 is 0.884. The molecule has 1 aliphatic heterocycles. The van der Waals surface area contributed by atoms with Crippen molar-refractivity contribution in [2.45, 2.75) is 12.8 Å². The van der Waals surface area contributed by atoms with E-state index in [1.165, 1.54) is 19.4 Å². The number of anilines is 1. The van der Waals surface area contributed by atoms with Crippen LogP contribution < -0.4 is 10.6 Å². The molecule has 1 aromatic rings. The molecular formula is C11H16BrN3. The van der Waals surface area contributed by atoms with Crippen molar-refractivity contribution >= 4 is 21.7 Å². The Morgan fingerprint density at radius 2 is 2.47 bits per heavy atom. The van der Waals surface area contributed by atoms with Gasteiger partial charge in [0.2, 0.25) is 0 Å². The van der Waals surface area contributed by atoms with E-state index < -0.39 is 0 Å². The second kappa shape index (κ2) is 5.47. The first-order chi connectivity index (χ1) is 7.34. The summed E-state index contributed by atoms with van der Waals surface area (Å²) in [6, 6.07) is 5.94. The molecule has 1 unspecified atom stereocenters. The van der Waals surface area contributed by atoms with Crippen molar-refractivity contribution in [3.05, 3.63) is 22.8 Å². The molecule has 0 spiro atoms. The number of piperidine rings is 1. The summed E-state index contributed by atoms with van der Waals surface area (Å²) in [5.74, 6) is 1.69. The molecule has 82 valence electrons. The minimum Gasteiger partial charge on any atom is -0.370 e. The van der Waals surface area contributed by atoms with Gasteiger partial charge in [0.05, 0.1) is 0 Å². The summed E-state index contributed by atoms with van der Waals surface area (Å²) >= 11 is 3.36. The second-order valence-corrected chi connectivity index (χ2v) is 4.75. The number of rotatable bonds is 3. The van der Waals surface area contributed by atoms with E-state index >= 15 is 0 Å². The van der Waals surface area contributed by atoms with Crippen LogP contribution in [0.15, 0.2) is 22.8 Å². The predicted octanol–water partition coefficient (Wildman–Crippen LogP) is 2.26. The van der Waals surface area contributed by atoms with Crippen LogP contribution in [0.3, 0.4) is 0 Å². The molecule has 2 N–H and O–H groups in total. The molecule has 1 fully saturated rings. The summed E-state index contributed by atoms with van der Waals surface area (Å²) in [5.41, 5.74) is 0. The highest BCUT2D eigenvalue weighted by molar-refractivity contribution is 9.10. The van der Waals surface area contributed by atoms with Crippen LogP contribution in [-0.4, -0.2) is 24.6 Å². The number of aromatic nitrogens is 1. The molecule has 3 nitrogen and oxygen atoms in total. The van der Waals surface area contributed by atoms with E-state index in [1.54, 1.807) is 0 Å². The van der Waals surface area contributed by atoms with Crippen LogP contribution in [0, 0.1) is 5.92 Å². The molecule has 1 atom stereocenters. The maximum Gasteiger partial charge on any atom is 0.127 e. The van der Waals surface area contributed by atoms with Crippen molar-refractivity contribution in [3.63, 3.8) is 0 Å². The van der Waals surface area contributed by atoms with Crippen LogP contribution in [0.4, 0.5) is 5.82 Å². The van der Waals surface area contributed by atoms with Gasteiger partial charge in [-0.25, -0.2) is 4.98 Å². The molecule has 0 radical (unpaired) electrons. The number of nitrogens with one attached hydrogen (secondary N) is 2. The standard InChI is InChI=1S/C11H16BrN3/c12-10-4-1-5-11(15-10)14-8-9-3-2-6-13-7-9/h1,4-5,9,13H,2-3,6-8H2,(H,14,15). The van der Waals surface area contributed by atoms with Gasteiger partial charge in [0.15, 0.2) is 0 Å². The third-order valence-electron chi connectivity index (χ3n) is 2.69. The summed E-state index contributed by atoms with van der Waals surface area (Å²) in [4.78, 5) is 4.34. The van der Waals surface area contributed by atoms with Gasteiger partial charge in [-0.3, -0.25) is 0 Å². The van der Waals surface area contributed by atoms with Gasteiger partial charge >= 0.3 is 0 Å². The van der Waals surface area contributed by atoms with Crippen LogP contribution in [-0.2, 0) is 0 Å². The van der Waals surface area contributed by atoms with Gasteiger partial charge in [-0.15, -0.1) is 0 Å². The number of halogens is 1. The molecule has 0 bridgehead atoms. The molecule has 0 saturated carbocycles. The fraction of sp³-hybridized carbons (Fsp3) is 0.545. The molecule has 1 saturated heterocycles. The normalized spacial score (nSPS) is 21.3. The Hall–Kier alpha value is -0.610. The average molecular weight is 270 g/mol. The lowest BCUT2D eigenvalue weighted by Gasteiger charge is -2.23. The van der Waals surface area contributed by atoms with Gasteiger partial charge < -0.3 is 10.6 Å². The van der Waals surface area contributed by atoms with Gasteiger partial charge in [0.25, 0.3) is 0 Å². The molecule has 1 aliphatic rings. The minimum atomic E-state index is 0.736. The fourth-order valence-electron chi connectivity index (χ4n) is 1.85. The highest BCUT2D eigenvalue weighted by Gasteiger charge is 2.12. The third-order valence-corrected chi connectivity index (χ3v) is 3.13. The summed E-state index contributed by atoms with van der Waals surface area (Å²) in [6.45, 7) is 3.31. The summed E-state index contributed by atoms with van der Waals surface area (Å²) in [7, 11) is 0. The quantitative estimate of drug-likeness (QED) is 0.827. The third kappa shape index (κ3) is 3.47. The number of hydrogen-bond donors (Lipinski definition) is 2. The van der Waals surface area contributed by atoms with Gasteiger partial charge in [-0.1, -0.05) is 6.07 Å². The minimum absolute atomic E-state index is 0.736. The van der Waals surface area contributed by atoms with Crippen molar-refractivity contribution in [2.75, 3.05) is 25.0 Å². The fourth-order valence-corrected chi connectivity index (χ4v) is 2.20. The first-order valence-electron chi connectivity index (χ1n) is 5.42. The van der Waals surface area contributed by atoms with Crippen molar-refractivity contribution in [1.29, 1.82) is 0 Å². The van der Waals surface area contributed by atoms with Crippen molar-refractivity contribution in [3.8, 4) is 0 Å². The first-order valence-corrected chi connectivity index (χ1v) is 6.21. The van der Waals surface area contributed by atoms with Crippen molar-refractivity contribution in [1.82, 2.24) is 10.3 Å². The van der Waals surface area contributed by atoms with Crippen molar-refractivity contribution in [2.24, 2.45) is 5.92 Å². The zero-order valence-corrected chi connectivity index (χ0v) is 10.3. The smallest absolute Gasteiger partial charge is 0.127 e. The zero-order valence-electron chi connectivity index (χ0n) is 8.67. The van der Waals surface area contributed by atoms with E-state index in [1.807, 2.05) is 18.2 Å². The predicted molar refractivity (Wildman–Crippen MR) is 66.0 cm³/mol. The van der Waals surface area contributed by atoms with Crippen LogP contribution in [0.5, 0.6) is 0 Å². The van der Waals surface area contributed by atoms with E-state index in [2.05, 4.69) is 31.5 Å². The summed E-state index contributed by atoms with van der Waals surface area (Å²) in [5, 5.41) is 6.79. The number of pyridine rings is 1. The van der Waals surface area contributed by atoms with E-state index in [4.69, 9.17) is 0 Å². The van der Waals surface area contributed by atoms with E-state index in [-0.39, 0.29) is 0 Å². The molecule has 0 aliphatic carbocycles. The molecular weight excluding hydrogens is 254 g/mol. The van der Waals surface area contributed by atoms with E-state index in [9.17, 15) is 0 Å². The SMILES string of the molecule is Brc1cccc(NCC2CCCNC2)n1. The van der Waals surface area contributed by atoms with E-state index in [0.29, 0.717) is 0 Å². The van der Waals surface area contributed by atoms with Crippen LogP contribution in [0.25, 0.3) is 0 Å². The van der Waals surface area contributed by atoms with Crippen LogP contribution in [0.2, 0.25) is 0 Å². The van der Waals surface area contributed by atoms with Gasteiger partial charge in [0, 0.05) is 6.54 Å². The molecule has 1 aromatic heterocycles. The average Bonchev–Trinajstić information content (AvgIpc) is 2.28. The zero-order chi connectivity index (χ0) is 10.5. The first kappa shape index (κ1) is 10.9. The summed E-state index contributed by atoms with van der Waals surface area (Å²) in [6.07, 6.45) is 2.60. The number of nitrogens with zero attached hydrogens (tertiary/aromatic N) is 1. The highest BCUT2D eigenvalue weighted by Crippen LogP contribution is 2.13. The van der Waals surface area contributed by atoms with Crippen LogP contribution >= 0.6 is 15.9 Å². The Labute approximate surface area is 98.8 Å². The molecule has 2 heterocycles. The monoisotopic (exact) mass is 269 g/mol. The molecule has 0 amide bonds. The lowest BCUT2D eigenvalue weighted by molar-refractivity contribution is 0.392. The van der Waals surface area contributed by atoms with E-state index in [0.717, 1.165) is 29.4 Å². The second-order valence-electron chi connectivity index (χ2n) is 3.94. The maximum atomic E-state index is 4.34. The highest BCUT2D eigenvalue weighted by atomic mass is 79.9. The lowest BCUT2D eigenvalue weighted by Crippen LogP contribution is -2.33.